The number of nitrogens with one attached hydrogen (secondary N) is 1. The van der Waals surface area contributed by atoms with Gasteiger partial charge in [0, 0.05) is 23.0 Å². The van der Waals surface area contributed by atoms with Crippen molar-refractivity contribution in [2.45, 2.75) is 19.3 Å². The summed E-state index contributed by atoms with van der Waals surface area (Å²) in [6.45, 7) is -1.01. The van der Waals surface area contributed by atoms with Crippen molar-refractivity contribution in [3.8, 4) is 5.75 Å². The van der Waals surface area contributed by atoms with E-state index in [0.717, 1.165) is 12.1 Å². The number of carbonyl (C=O) groups is 1. The van der Waals surface area contributed by atoms with Gasteiger partial charge in [0.25, 0.3) is 5.56 Å². The lowest BCUT2D eigenvalue weighted by molar-refractivity contribution is -0.186. The minimum atomic E-state index is -5.12. The van der Waals surface area contributed by atoms with Gasteiger partial charge in [0.15, 0.2) is 0 Å². The molecular formula is C20H16F4N2O3. The van der Waals surface area contributed by atoms with Gasteiger partial charge in [-0.2, -0.15) is 13.2 Å². The number of amides is 1. The van der Waals surface area contributed by atoms with Crippen LogP contribution in [0.5, 0.6) is 5.75 Å². The number of hydrogen-bond donors (Lipinski definition) is 1. The number of pyridine rings is 1. The van der Waals surface area contributed by atoms with Gasteiger partial charge in [-0.05, 0) is 42.0 Å². The van der Waals surface area contributed by atoms with E-state index in [9.17, 15) is 27.2 Å². The van der Waals surface area contributed by atoms with E-state index >= 15 is 0 Å². The van der Waals surface area contributed by atoms with Crippen molar-refractivity contribution < 1.29 is 27.1 Å². The smallest absolute Gasteiger partial charge is 0.471 e. The summed E-state index contributed by atoms with van der Waals surface area (Å²) < 4.78 is 57.4. The third-order valence-corrected chi connectivity index (χ3v) is 4.31. The highest BCUT2D eigenvalue weighted by Crippen LogP contribution is 2.23. The molecule has 2 aromatic carbocycles. The molecule has 1 heterocycles. The summed E-state index contributed by atoms with van der Waals surface area (Å²) in [6.07, 6.45) is -5.12. The lowest BCUT2D eigenvalue weighted by Crippen LogP contribution is -2.41. The molecule has 0 bridgehead atoms. The van der Waals surface area contributed by atoms with Gasteiger partial charge in [-0.3, -0.25) is 9.59 Å². The second-order valence-electron chi connectivity index (χ2n) is 6.36. The second kappa shape index (κ2) is 7.94. The number of methoxy groups -OCH3 is 1. The maximum absolute atomic E-state index is 13.1. The third-order valence-electron chi connectivity index (χ3n) is 4.31. The van der Waals surface area contributed by atoms with Crippen LogP contribution in [0.25, 0.3) is 10.9 Å². The van der Waals surface area contributed by atoms with Crippen LogP contribution >= 0.6 is 0 Å². The van der Waals surface area contributed by atoms with Gasteiger partial charge in [0.05, 0.1) is 13.7 Å². The molecule has 0 fully saturated rings. The number of halogens is 4. The normalized spacial score (nSPS) is 11.5. The summed E-state index contributed by atoms with van der Waals surface area (Å²) in [4.78, 5) is 27.3. The molecule has 5 nitrogen and oxygen atoms in total. The van der Waals surface area contributed by atoms with E-state index in [1.165, 1.54) is 25.3 Å². The van der Waals surface area contributed by atoms with Crippen LogP contribution in [0.2, 0.25) is 0 Å². The molecule has 29 heavy (non-hydrogen) atoms. The van der Waals surface area contributed by atoms with E-state index in [0.29, 0.717) is 27.1 Å². The number of ether oxygens (including phenoxy) is 1. The monoisotopic (exact) mass is 408 g/mol. The predicted octanol–water partition coefficient (Wildman–Crippen LogP) is 3.77. The van der Waals surface area contributed by atoms with E-state index in [1.54, 1.807) is 18.2 Å². The highest BCUT2D eigenvalue weighted by molar-refractivity contribution is 5.83. The fourth-order valence-corrected chi connectivity index (χ4v) is 2.87. The Morgan fingerprint density at radius 2 is 1.76 bits per heavy atom. The summed E-state index contributed by atoms with van der Waals surface area (Å²) in [7, 11) is 1.46. The van der Waals surface area contributed by atoms with E-state index in [1.807, 2.05) is 0 Å². The molecule has 3 rings (SSSR count). The Balaban J connectivity index is 1.97. The third kappa shape index (κ3) is 4.74. The summed E-state index contributed by atoms with van der Waals surface area (Å²) >= 11 is 0. The summed E-state index contributed by atoms with van der Waals surface area (Å²) in [5.41, 5.74) is 0.141. The van der Waals surface area contributed by atoms with Crippen molar-refractivity contribution in [3.63, 3.8) is 0 Å². The average Bonchev–Trinajstić information content (AvgIpc) is 2.68. The van der Waals surface area contributed by atoms with Crippen LogP contribution in [-0.2, 0) is 17.9 Å². The molecule has 0 atom stereocenters. The number of carbonyl (C=O) groups excluding carboxylic acids is 1. The number of nitrogens with zero attached hydrogens (tertiary/aromatic N) is 1. The van der Waals surface area contributed by atoms with Crippen molar-refractivity contribution in [2.24, 2.45) is 0 Å². The van der Waals surface area contributed by atoms with E-state index < -0.39 is 36.5 Å². The van der Waals surface area contributed by atoms with Gasteiger partial charge in [-0.15, -0.1) is 0 Å². The standard InChI is InChI=1S/C20H16F4N2O3/c1-29-16-6-7-17-13(9-16)8-14(18(27)25-17)11-26(19(28)20(22,23)24)10-12-2-4-15(21)5-3-12/h2-9H,10-11H2,1H3,(H,25,27). The SMILES string of the molecule is COc1ccc2[nH]c(=O)c(CN(Cc3ccc(F)cc3)C(=O)C(F)(F)F)cc2c1. The highest BCUT2D eigenvalue weighted by atomic mass is 19.4. The van der Waals surface area contributed by atoms with Crippen molar-refractivity contribution in [1.82, 2.24) is 9.88 Å². The fourth-order valence-electron chi connectivity index (χ4n) is 2.87. The molecule has 0 radical (unpaired) electrons. The van der Waals surface area contributed by atoms with Gasteiger partial charge in [0.2, 0.25) is 0 Å². The molecule has 0 spiro atoms. The Morgan fingerprint density at radius 1 is 1.07 bits per heavy atom. The number of rotatable bonds is 5. The van der Waals surface area contributed by atoms with Crippen LogP contribution < -0.4 is 10.3 Å². The first-order valence-electron chi connectivity index (χ1n) is 8.48. The summed E-state index contributed by atoms with van der Waals surface area (Å²) in [6, 6.07) is 11.0. The van der Waals surface area contributed by atoms with Crippen LogP contribution in [-0.4, -0.2) is 29.1 Å². The maximum atomic E-state index is 13.1. The Morgan fingerprint density at radius 3 is 2.38 bits per heavy atom. The molecule has 1 aromatic heterocycles. The molecule has 0 aliphatic carbocycles. The quantitative estimate of drug-likeness (QED) is 0.654. The Hall–Kier alpha value is -3.36. The number of alkyl halides is 3. The maximum Gasteiger partial charge on any atom is 0.471 e. The van der Waals surface area contributed by atoms with Gasteiger partial charge < -0.3 is 14.6 Å². The predicted molar refractivity (Wildman–Crippen MR) is 97.8 cm³/mol. The Bertz CT molecular complexity index is 1090. The number of aromatic nitrogens is 1. The van der Waals surface area contributed by atoms with E-state index in [4.69, 9.17) is 4.74 Å². The number of fused-ring (bicyclic) bond motifs is 1. The van der Waals surface area contributed by atoms with Gasteiger partial charge in [-0.25, -0.2) is 4.39 Å². The largest absolute Gasteiger partial charge is 0.497 e. The van der Waals surface area contributed by atoms with Crippen molar-refractivity contribution >= 4 is 16.8 Å². The Labute approximate surface area is 162 Å². The molecule has 9 heteroatoms. The topological polar surface area (TPSA) is 62.4 Å². The first-order valence-corrected chi connectivity index (χ1v) is 8.48. The second-order valence-corrected chi connectivity index (χ2v) is 6.36. The van der Waals surface area contributed by atoms with Crippen molar-refractivity contribution in [2.75, 3.05) is 7.11 Å². The Kier molecular flexibility index (Phi) is 5.58. The van der Waals surface area contributed by atoms with Crippen LogP contribution in [0.3, 0.4) is 0 Å². The number of hydrogen-bond acceptors (Lipinski definition) is 3. The number of H-pyrrole nitrogens is 1. The van der Waals surface area contributed by atoms with Gasteiger partial charge in [-0.1, -0.05) is 12.1 Å². The van der Waals surface area contributed by atoms with Crippen molar-refractivity contribution in [3.05, 3.63) is 75.8 Å². The zero-order chi connectivity index (χ0) is 21.2. The lowest BCUT2D eigenvalue weighted by atomic mass is 10.1. The molecule has 0 saturated heterocycles. The lowest BCUT2D eigenvalue weighted by Gasteiger charge is -2.24. The molecule has 152 valence electrons. The van der Waals surface area contributed by atoms with Crippen LogP contribution in [0.15, 0.2) is 53.3 Å². The van der Waals surface area contributed by atoms with Gasteiger partial charge in [0.1, 0.15) is 11.6 Å². The molecule has 0 saturated carbocycles. The minimum Gasteiger partial charge on any atom is -0.497 e. The highest BCUT2D eigenvalue weighted by Gasteiger charge is 2.42. The van der Waals surface area contributed by atoms with Crippen molar-refractivity contribution in [1.29, 1.82) is 0 Å². The van der Waals surface area contributed by atoms with Crippen LogP contribution in [0.4, 0.5) is 17.6 Å². The van der Waals surface area contributed by atoms with E-state index in [-0.39, 0.29) is 5.56 Å². The van der Waals surface area contributed by atoms with Crippen LogP contribution in [0, 0.1) is 5.82 Å². The summed E-state index contributed by atoms with van der Waals surface area (Å²) in [5.74, 6) is -2.14. The zero-order valence-corrected chi connectivity index (χ0v) is 15.2. The first-order chi connectivity index (χ1) is 13.7. The molecular weight excluding hydrogens is 392 g/mol. The number of benzene rings is 2. The minimum absolute atomic E-state index is 0.0227. The summed E-state index contributed by atoms with van der Waals surface area (Å²) in [5, 5.41) is 0.542. The molecule has 3 aromatic rings. The number of aromatic amines is 1. The fraction of sp³-hybridized carbons (Fsp3) is 0.200. The first kappa shape index (κ1) is 20.4. The molecule has 0 unspecified atom stereocenters. The van der Waals surface area contributed by atoms with Gasteiger partial charge >= 0.3 is 12.1 Å². The molecule has 1 N–H and O–H groups in total. The van der Waals surface area contributed by atoms with Crippen LogP contribution in [0.1, 0.15) is 11.1 Å². The molecule has 1 amide bonds. The average molecular weight is 408 g/mol. The molecule has 0 aliphatic rings. The van der Waals surface area contributed by atoms with E-state index in [2.05, 4.69) is 4.98 Å². The zero-order valence-electron chi connectivity index (χ0n) is 15.2. The molecule has 0 aliphatic heterocycles.